The molecule has 0 aliphatic rings. The standard InChI is InChI=1S/C14H14BrNO/c1-14(2,17)13-7-6-11(9-16-13)10-4-3-5-12(15)8-10/h3-9,17H,1-2H3. The fraction of sp³-hybridized carbons (Fsp3) is 0.214. The van der Waals surface area contributed by atoms with Gasteiger partial charge in [-0.1, -0.05) is 34.1 Å². The normalized spacial score (nSPS) is 11.5. The minimum absolute atomic E-state index is 0.677. The molecule has 0 aliphatic heterocycles. The van der Waals surface area contributed by atoms with Gasteiger partial charge in [0.25, 0.3) is 0 Å². The van der Waals surface area contributed by atoms with Crippen molar-refractivity contribution < 1.29 is 5.11 Å². The van der Waals surface area contributed by atoms with E-state index in [2.05, 4.69) is 20.9 Å². The van der Waals surface area contributed by atoms with E-state index in [0.29, 0.717) is 5.69 Å². The Kier molecular flexibility index (Phi) is 3.31. The van der Waals surface area contributed by atoms with Crippen LogP contribution in [0.5, 0.6) is 0 Å². The Labute approximate surface area is 109 Å². The first-order chi connectivity index (χ1) is 7.97. The molecule has 0 saturated heterocycles. The quantitative estimate of drug-likeness (QED) is 0.914. The predicted octanol–water partition coefficient (Wildman–Crippen LogP) is 3.74. The molecule has 0 amide bonds. The third-order valence-corrected chi connectivity index (χ3v) is 3.04. The van der Waals surface area contributed by atoms with Crippen LogP contribution in [0.3, 0.4) is 0 Å². The van der Waals surface area contributed by atoms with E-state index in [1.54, 1.807) is 20.0 Å². The molecule has 0 radical (unpaired) electrons. The second kappa shape index (κ2) is 4.59. The third-order valence-electron chi connectivity index (χ3n) is 2.55. The summed E-state index contributed by atoms with van der Waals surface area (Å²) < 4.78 is 1.04. The largest absolute Gasteiger partial charge is 0.384 e. The Balaban J connectivity index is 2.36. The van der Waals surface area contributed by atoms with Crippen LogP contribution in [0.25, 0.3) is 11.1 Å². The maximum absolute atomic E-state index is 9.82. The van der Waals surface area contributed by atoms with Crippen LogP contribution in [-0.2, 0) is 5.60 Å². The Morgan fingerprint density at radius 3 is 2.41 bits per heavy atom. The molecule has 17 heavy (non-hydrogen) atoms. The highest BCUT2D eigenvalue weighted by Crippen LogP contribution is 2.24. The van der Waals surface area contributed by atoms with Crippen molar-refractivity contribution in [3.05, 3.63) is 52.8 Å². The molecule has 2 rings (SSSR count). The monoisotopic (exact) mass is 291 g/mol. The molecule has 1 aromatic heterocycles. The lowest BCUT2D eigenvalue weighted by atomic mass is 10.0. The second-order valence-corrected chi connectivity index (χ2v) is 5.42. The van der Waals surface area contributed by atoms with Crippen LogP contribution in [0.15, 0.2) is 47.1 Å². The van der Waals surface area contributed by atoms with Gasteiger partial charge in [0.2, 0.25) is 0 Å². The summed E-state index contributed by atoms with van der Waals surface area (Å²) in [5.41, 5.74) is 1.93. The van der Waals surface area contributed by atoms with E-state index in [9.17, 15) is 5.11 Å². The van der Waals surface area contributed by atoms with Crippen LogP contribution in [-0.4, -0.2) is 10.1 Å². The van der Waals surface area contributed by atoms with E-state index in [0.717, 1.165) is 15.6 Å². The summed E-state index contributed by atoms with van der Waals surface area (Å²) in [7, 11) is 0. The van der Waals surface area contributed by atoms with Crippen molar-refractivity contribution in [2.75, 3.05) is 0 Å². The van der Waals surface area contributed by atoms with E-state index in [4.69, 9.17) is 0 Å². The van der Waals surface area contributed by atoms with Gasteiger partial charge in [-0.25, -0.2) is 0 Å². The van der Waals surface area contributed by atoms with Crippen molar-refractivity contribution >= 4 is 15.9 Å². The second-order valence-electron chi connectivity index (χ2n) is 4.50. The highest BCUT2D eigenvalue weighted by Gasteiger charge is 2.17. The number of pyridine rings is 1. The van der Waals surface area contributed by atoms with Gasteiger partial charge in [-0.05, 0) is 37.6 Å². The van der Waals surface area contributed by atoms with Gasteiger partial charge in [0.1, 0.15) is 5.60 Å². The molecule has 2 aromatic rings. The van der Waals surface area contributed by atoms with Gasteiger partial charge in [-0.15, -0.1) is 0 Å². The number of benzene rings is 1. The van der Waals surface area contributed by atoms with Gasteiger partial charge in [-0.2, -0.15) is 0 Å². The fourth-order valence-corrected chi connectivity index (χ4v) is 1.99. The molecule has 0 atom stereocenters. The summed E-state index contributed by atoms with van der Waals surface area (Å²) in [5.74, 6) is 0. The SMILES string of the molecule is CC(C)(O)c1ccc(-c2cccc(Br)c2)cn1. The molecule has 3 heteroatoms. The van der Waals surface area contributed by atoms with E-state index in [-0.39, 0.29) is 0 Å². The van der Waals surface area contributed by atoms with E-state index in [1.807, 2.05) is 36.4 Å². The van der Waals surface area contributed by atoms with Gasteiger partial charge in [0, 0.05) is 16.2 Å². The molecule has 0 saturated carbocycles. The summed E-state index contributed by atoms with van der Waals surface area (Å²) in [5, 5.41) is 9.82. The molecule has 0 fully saturated rings. The Morgan fingerprint density at radius 2 is 1.88 bits per heavy atom. The zero-order chi connectivity index (χ0) is 12.5. The van der Waals surface area contributed by atoms with Crippen LogP contribution in [0.2, 0.25) is 0 Å². The highest BCUT2D eigenvalue weighted by atomic mass is 79.9. The number of hydrogen-bond acceptors (Lipinski definition) is 2. The highest BCUT2D eigenvalue weighted by molar-refractivity contribution is 9.10. The lowest BCUT2D eigenvalue weighted by Crippen LogP contribution is -2.17. The maximum Gasteiger partial charge on any atom is 0.101 e. The van der Waals surface area contributed by atoms with Crippen LogP contribution in [0, 0.1) is 0 Å². The smallest absolute Gasteiger partial charge is 0.101 e. The van der Waals surface area contributed by atoms with Crippen molar-refractivity contribution in [1.82, 2.24) is 4.98 Å². The zero-order valence-electron chi connectivity index (χ0n) is 9.81. The van der Waals surface area contributed by atoms with Crippen molar-refractivity contribution in [2.45, 2.75) is 19.4 Å². The summed E-state index contributed by atoms with van der Waals surface area (Å²) in [6, 6.07) is 11.9. The number of aromatic nitrogens is 1. The third kappa shape index (κ3) is 2.93. The minimum Gasteiger partial charge on any atom is -0.384 e. The van der Waals surface area contributed by atoms with Gasteiger partial charge < -0.3 is 5.11 Å². The topological polar surface area (TPSA) is 33.1 Å². The van der Waals surface area contributed by atoms with Crippen LogP contribution in [0.4, 0.5) is 0 Å². The molecule has 0 aliphatic carbocycles. The van der Waals surface area contributed by atoms with E-state index >= 15 is 0 Å². The Morgan fingerprint density at radius 1 is 1.12 bits per heavy atom. The maximum atomic E-state index is 9.82. The average molecular weight is 292 g/mol. The Bertz CT molecular complexity index is 514. The molecule has 0 spiro atoms. The average Bonchev–Trinajstić information content (AvgIpc) is 2.28. The van der Waals surface area contributed by atoms with Crippen LogP contribution >= 0.6 is 15.9 Å². The van der Waals surface area contributed by atoms with E-state index < -0.39 is 5.60 Å². The summed E-state index contributed by atoms with van der Waals surface area (Å²) >= 11 is 3.45. The fourth-order valence-electron chi connectivity index (χ4n) is 1.59. The molecular weight excluding hydrogens is 278 g/mol. The molecular formula is C14H14BrNO. The summed E-state index contributed by atoms with van der Waals surface area (Å²) in [4.78, 5) is 4.29. The van der Waals surface area contributed by atoms with Crippen molar-refractivity contribution in [3.8, 4) is 11.1 Å². The van der Waals surface area contributed by atoms with Crippen LogP contribution < -0.4 is 0 Å². The number of hydrogen-bond donors (Lipinski definition) is 1. The molecule has 88 valence electrons. The molecule has 2 nitrogen and oxygen atoms in total. The van der Waals surface area contributed by atoms with Crippen LogP contribution in [0.1, 0.15) is 19.5 Å². The molecule has 1 aromatic carbocycles. The van der Waals surface area contributed by atoms with Crippen molar-refractivity contribution in [1.29, 1.82) is 0 Å². The number of halogens is 1. The molecule has 1 heterocycles. The minimum atomic E-state index is -0.893. The predicted molar refractivity (Wildman–Crippen MR) is 72.6 cm³/mol. The molecule has 0 unspecified atom stereocenters. The first-order valence-corrected chi connectivity index (χ1v) is 6.21. The lowest BCUT2D eigenvalue weighted by molar-refractivity contribution is 0.0739. The van der Waals surface area contributed by atoms with Gasteiger partial charge in [0.15, 0.2) is 0 Å². The van der Waals surface area contributed by atoms with Gasteiger partial charge in [-0.3, -0.25) is 4.98 Å². The summed E-state index contributed by atoms with van der Waals surface area (Å²) in [6.45, 7) is 3.46. The van der Waals surface area contributed by atoms with Gasteiger partial charge in [0.05, 0.1) is 5.69 Å². The molecule has 0 bridgehead atoms. The zero-order valence-corrected chi connectivity index (χ0v) is 11.4. The number of rotatable bonds is 2. The van der Waals surface area contributed by atoms with E-state index in [1.165, 1.54) is 0 Å². The lowest BCUT2D eigenvalue weighted by Gasteiger charge is -2.16. The summed E-state index contributed by atoms with van der Waals surface area (Å²) in [6.07, 6.45) is 1.79. The molecule has 1 N–H and O–H groups in total. The van der Waals surface area contributed by atoms with Crippen molar-refractivity contribution in [3.63, 3.8) is 0 Å². The first kappa shape index (κ1) is 12.3. The van der Waals surface area contributed by atoms with Crippen molar-refractivity contribution in [2.24, 2.45) is 0 Å². The first-order valence-electron chi connectivity index (χ1n) is 5.42. The van der Waals surface area contributed by atoms with Gasteiger partial charge >= 0.3 is 0 Å². The number of aliphatic hydroxyl groups is 1. The Hall–Kier alpha value is -1.19. The number of nitrogens with zero attached hydrogens (tertiary/aromatic N) is 1.